The Morgan fingerprint density at radius 3 is 1.91 bits per heavy atom. The van der Waals surface area contributed by atoms with E-state index in [1.54, 1.807) is 0 Å². The monoisotopic (exact) mass is 316 g/mol. The number of benzene rings is 1. The lowest BCUT2D eigenvalue weighted by Gasteiger charge is -2.37. The summed E-state index contributed by atoms with van der Waals surface area (Å²) < 4.78 is 0. The highest BCUT2D eigenvalue weighted by atomic mass is 35.5. The molecule has 0 bridgehead atoms. The van der Waals surface area contributed by atoms with Crippen LogP contribution in [0, 0.1) is 17.8 Å². The van der Waals surface area contributed by atoms with E-state index >= 15 is 0 Å². The van der Waals surface area contributed by atoms with E-state index in [1.807, 2.05) is 12.1 Å². The second kappa shape index (κ2) is 7.68. The average molecular weight is 317 g/mol. The Bertz CT molecular complexity index is 471. The van der Waals surface area contributed by atoms with E-state index in [0.29, 0.717) is 0 Å². The summed E-state index contributed by atoms with van der Waals surface area (Å²) in [5.74, 6) is 3.64. The van der Waals surface area contributed by atoms with Gasteiger partial charge < -0.3 is 0 Å². The molecule has 0 nitrogen and oxygen atoms in total. The lowest BCUT2D eigenvalue weighted by atomic mass is 9.68. The molecular weight excluding hydrogens is 288 g/mol. The largest absolute Gasteiger partial charge is 0.0914 e. The van der Waals surface area contributed by atoms with Crippen LogP contribution >= 0.6 is 11.6 Å². The number of allylic oxidation sites excluding steroid dienone is 2. The van der Waals surface area contributed by atoms with Crippen LogP contribution in [0.25, 0.3) is 0 Å². The van der Waals surface area contributed by atoms with Crippen molar-refractivity contribution in [1.82, 2.24) is 0 Å². The zero-order valence-electron chi connectivity index (χ0n) is 13.8. The second-order valence-electron chi connectivity index (χ2n) is 7.36. The molecule has 1 aromatic carbocycles. The smallest absolute Gasteiger partial charge is 0.0406 e. The SMILES string of the molecule is C/C=C/C1CCC(C2CCC(c3ccc(Cl)cc3)CC2)CC1. The van der Waals surface area contributed by atoms with Crippen LogP contribution < -0.4 is 0 Å². The van der Waals surface area contributed by atoms with E-state index in [2.05, 4.69) is 31.2 Å². The molecule has 2 fully saturated rings. The van der Waals surface area contributed by atoms with Gasteiger partial charge in [0.2, 0.25) is 0 Å². The van der Waals surface area contributed by atoms with Gasteiger partial charge in [-0.3, -0.25) is 0 Å². The van der Waals surface area contributed by atoms with Crippen LogP contribution in [0.2, 0.25) is 5.02 Å². The predicted molar refractivity (Wildman–Crippen MR) is 96.4 cm³/mol. The highest BCUT2D eigenvalue weighted by Gasteiger charge is 2.30. The van der Waals surface area contributed by atoms with Gasteiger partial charge in [0.1, 0.15) is 0 Å². The summed E-state index contributed by atoms with van der Waals surface area (Å²) in [7, 11) is 0. The molecule has 1 heteroatoms. The number of rotatable bonds is 3. The standard InChI is InChI=1S/C21H29Cl/c1-2-3-16-4-6-17(7-5-16)18-8-10-19(11-9-18)20-12-14-21(22)15-13-20/h2-3,12-19H,4-11H2,1H3/b3-2+. The fraction of sp³-hybridized carbons (Fsp3) is 0.619. The van der Waals surface area contributed by atoms with E-state index in [-0.39, 0.29) is 0 Å². The van der Waals surface area contributed by atoms with Crippen molar-refractivity contribution in [1.29, 1.82) is 0 Å². The summed E-state index contributed by atoms with van der Waals surface area (Å²) in [6.07, 6.45) is 16.1. The number of hydrogen-bond acceptors (Lipinski definition) is 0. The van der Waals surface area contributed by atoms with Crippen molar-refractivity contribution in [2.45, 2.75) is 64.2 Å². The molecule has 1 aromatic rings. The zero-order valence-corrected chi connectivity index (χ0v) is 14.6. The minimum atomic E-state index is 0.771. The van der Waals surface area contributed by atoms with Gasteiger partial charge in [-0.25, -0.2) is 0 Å². The van der Waals surface area contributed by atoms with Gasteiger partial charge >= 0.3 is 0 Å². The first-order chi connectivity index (χ1) is 10.8. The molecule has 3 rings (SSSR count). The molecule has 2 aliphatic carbocycles. The molecule has 0 amide bonds. The zero-order chi connectivity index (χ0) is 15.4. The lowest BCUT2D eigenvalue weighted by Crippen LogP contribution is -2.25. The van der Waals surface area contributed by atoms with Crippen LogP contribution in [0.3, 0.4) is 0 Å². The molecule has 120 valence electrons. The van der Waals surface area contributed by atoms with Crippen LogP contribution in [0.1, 0.15) is 69.8 Å². The van der Waals surface area contributed by atoms with Crippen molar-refractivity contribution < 1.29 is 0 Å². The fourth-order valence-electron chi connectivity index (χ4n) is 4.74. The van der Waals surface area contributed by atoms with Crippen molar-refractivity contribution in [2.75, 3.05) is 0 Å². The Hall–Kier alpha value is -0.750. The number of hydrogen-bond donors (Lipinski definition) is 0. The van der Waals surface area contributed by atoms with Crippen LogP contribution in [0.15, 0.2) is 36.4 Å². The third-order valence-electron chi connectivity index (χ3n) is 6.06. The Kier molecular flexibility index (Phi) is 5.63. The van der Waals surface area contributed by atoms with E-state index in [1.165, 1.54) is 56.9 Å². The van der Waals surface area contributed by atoms with Gasteiger partial charge in [-0.15, -0.1) is 0 Å². The lowest BCUT2D eigenvalue weighted by molar-refractivity contribution is 0.171. The summed E-state index contributed by atoms with van der Waals surface area (Å²) in [4.78, 5) is 0. The minimum Gasteiger partial charge on any atom is -0.0914 e. The maximum Gasteiger partial charge on any atom is 0.0406 e. The summed E-state index contributed by atoms with van der Waals surface area (Å²) in [5.41, 5.74) is 1.50. The molecule has 0 saturated heterocycles. The molecule has 0 heterocycles. The topological polar surface area (TPSA) is 0 Å². The molecule has 0 aromatic heterocycles. The van der Waals surface area contributed by atoms with Gasteiger partial charge in [0.05, 0.1) is 0 Å². The van der Waals surface area contributed by atoms with Gasteiger partial charge in [0, 0.05) is 5.02 Å². The van der Waals surface area contributed by atoms with E-state index in [4.69, 9.17) is 11.6 Å². The molecule has 0 N–H and O–H groups in total. The molecule has 2 saturated carbocycles. The first-order valence-corrected chi connectivity index (χ1v) is 9.52. The van der Waals surface area contributed by atoms with Crippen LogP contribution in [0.4, 0.5) is 0 Å². The van der Waals surface area contributed by atoms with Crippen LogP contribution in [-0.2, 0) is 0 Å². The Labute approximate surface area is 141 Å². The fourth-order valence-corrected chi connectivity index (χ4v) is 4.87. The minimum absolute atomic E-state index is 0.771. The summed E-state index contributed by atoms with van der Waals surface area (Å²) in [6.45, 7) is 2.16. The van der Waals surface area contributed by atoms with Gasteiger partial charge in [-0.2, -0.15) is 0 Å². The first kappa shape index (κ1) is 16.1. The van der Waals surface area contributed by atoms with Gasteiger partial charge in [-0.1, -0.05) is 35.9 Å². The normalized spacial score (nSPS) is 33.2. The second-order valence-corrected chi connectivity index (χ2v) is 7.80. The quantitative estimate of drug-likeness (QED) is 0.527. The van der Waals surface area contributed by atoms with Gasteiger partial charge in [0.25, 0.3) is 0 Å². The van der Waals surface area contributed by atoms with Crippen LogP contribution in [0.5, 0.6) is 0 Å². The Morgan fingerprint density at radius 2 is 1.36 bits per heavy atom. The summed E-state index contributed by atoms with van der Waals surface area (Å²) >= 11 is 6.00. The van der Waals surface area contributed by atoms with Crippen LogP contribution in [-0.4, -0.2) is 0 Å². The summed E-state index contributed by atoms with van der Waals surface area (Å²) in [5, 5.41) is 0.857. The van der Waals surface area contributed by atoms with Gasteiger partial charge in [0.15, 0.2) is 0 Å². The Balaban J connectivity index is 1.49. The first-order valence-electron chi connectivity index (χ1n) is 9.14. The maximum atomic E-state index is 6.00. The highest BCUT2D eigenvalue weighted by molar-refractivity contribution is 6.30. The van der Waals surface area contributed by atoms with Crippen molar-refractivity contribution in [3.63, 3.8) is 0 Å². The van der Waals surface area contributed by atoms with Crippen molar-refractivity contribution in [2.24, 2.45) is 17.8 Å². The predicted octanol–water partition coefficient (Wildman–Crippen LogP) is 7.00. The third-order valence-corrected chi connectivity index (χ3v) is 6.31. The molecule has 0 atom stereocenters. The van der Waals surface area contributed by atoms with Crippen molar-refractivity contribution >= 4 is 11.6 Å². The molecule has 0 aliphatic heterocycles. The van der Waals surface area contributed by atoms with Crippen molar-refractivity contribution in [3.05, 3.63) is 47.0 Å². The van der Waals surface area contributed by atoms with E-state index in [0.717, 1.165) is 28.7 Å². The molecule has 22 heavy (non-hydrogen) atoms. The molecule has 2 aliphatic rings. The molecule has 0 spiro atoms. The number of halogens is 1. The van der Waals surface area contributed by atoms with Crippen molar-refractivity contribution in [3.8, 4) is 0 Å². The average Bonchev–Trinajstić information content (AvgIpc) is 2.57. The molecule has 0 unspecified atom stereocenters. The molecular formula is C21H29Cl. The maximum absolute atomic E-state index is 6.00. The Morgan fingerprint density at radius 1 is 0.818 bits per heavy atom. The highest BCUT2D eigenvalue weighted by Crippen LogP contribution is 2.44. The summed E-state index contributed by atoms with van der Waals surface area (Å²) in [6, 6.07) is 8.56. The molecule has 0 radical (unpaired) electrons. The van der Waals surface area contributed by atoms with Gasteiger partial charge in [-0.05, 0) is 99.7 Å². The van der Waals surface area contributed by atoms with E-state index in [9.17, 15) is 0 Å². The van der Waals surface area contributed by atoms with E-state index < -0.39 is 0 Å². The third kappa shape index (κ3) is 3.96.